The minimum Gasteiger partial charge on any atom is -0.382 e. The summed E-state index contributed by atoms with van der Waals surface area (Å²) in [7, 11) is -3.97. The number of nitrogens with one attached hydrogen (secondary N) is 1. The number of aliphatic imine (C=N–C) groups is 1. The highest BCUT2D eigenvalue weighted by atomic mass is 35.5. The number of rotatable bonds is 4. The maximum atomic E-state index is 13.3. The highest BCUT2D eigenvalue weighted by Gasteiger charge is 2.19. The second-order valence-corrected chi connectivity index (χ2v) is 8.78. The third-order valence-electron chi connectivity index (χ3n) is 4.34. The summed E-state index contributed by atoms with van der Waals surface area (Å²) in [6.45, 7) is 0.496. The number of amidine groups is 1. The molecule has 2 aromatic carbocycles. The fourth-order valence-corrected chi connectivity index (χ4v) is 4.47. The topological polar surface area (TPSA) is 97.4 Å². The van der Waals surface area contributed by atoms with E-state index in [0.717, 1.165) is 23.8 Å². The first kappa shape index (κ1) is 19.6. The van der Waals surface area contributed by atoms with Gasteiger partial charge in [-0.3, -0.25) is 9.71 Å². The molecular formula is C19H13Cl2FN4O2S. The van der Waals surface area contributed by atoms with Gasteiger partial charge in [0.2, 0.25) is 0 Å². The van der Waals surface area contributed by atoms with Crippen LogP contribution < -0.4 is 10.5 Å². The van der Waals surface area contributed by atoms with Gasteiger partial charge in [-0.15, -0.1) is 0 Å². The van der Waals surface area contributed by atoms with E-state index < -0.39 is 15.8 Å². The van der Waals surface area contributed by atoms with Crippen molar-refractivity contribution in [1.29, 1.82) is 0 Å². The molecule has 1 aromatic heterocycles. The van der Waals surface area contributed by atoms with Gasteiger partial charge in [0.1, 0.15) is 17.3 Å². The molecule has 2 heterocycles. The van der Waals surface area contributed by atoms with E-state index in [1.54, 1.807) is 18.2 Å². The standard InChI is InChI=1S/C19H13Cl2FN4O2S/c20-14-7-11(26-29(27,28)12-3-5-16(22)15(21)8-12)2-4-13(14)17-6-1-10-9-24-19(23)18(10)25-17/h1-8,26H,9H2,(H2,23,24). The molecule has 3 N–H and O–H groups in total. The molecule has 4 rings (SSSR count). The number of halogens is 3. The number of hydrogen-bond donors (Lipinski definition) is 2. The van der Waals surface area contributed by atoms with Gasteiger partial charge < -0.3 is 5.73 Å². The van der Waals surface area contributed by atoms with Crippen molar-refractivity contribution < 1.29 is 12.8 Å². The molecule has 0 unspecified atom stereocenters. The lowest BCUT2D eigenvalue weighted by atomic mass is 10.1. The molecule has 0 amide bonds. The smallest absolute Gasteiger partial charge is 0.261 e. The Morgan fingerprint density at radius 3 is 2.55 bits per heavy atom. The quantitative estimate of drug-likeness (QED) is 0.621. The van der Waals surface area contributed by atoms with Crippen LogP contribution in [0.3, 0.4) is 0 Å². The second kappa shape index (κ2) is 7.29. The van der Waals surface area contributed by atoms with Crippen LogP contribution in [-0.4, -0.2) is 19.2 Å². The Balaban J connectivity index is 1.63. The maximum absolute atomic E-state index is 13.3. The molecule has 10 heteroatoms. The minimum absolute atomic E-state index is 0.167. The largest absolute Gasteiger partial charge is 0.382 e. The van der Waals surface area contributed by atoms with Crippen LogP contribution in [0.1, 0.15) is 11.3 Å². The molecule has 0 bridgehead atoms. The van der Waals surface area contributed by atoms with Crippen LogP contribution in [0.4, 0.5) is 10.1 Å². The zero-order chi connectivity index (χ0) is 20.8. The highest BCUT2D eigenvalue weighted by molar-refractivity contribution is 7.92. The molecule has 0 fully saturated rings. The summed E-state index contributed by atoms with van der Waals surface area (Å²) >= 11 is 12.0. The van der Waals surface area contributed by atoms with Crippen LogP contribution in [0.15, 0.2) is 58.4 Å². The summed E-state index contributed by atoms with van der Waals surface area (Å²) < 4.78 is 40.7. The van der Waals surface area contributed by atoms with Crippen molar-refractivity contribution in [3.8, 4) is 11.3 Å². The Labute approximate surface area is 176 Å². The van der Waals surface area contributed by atoms with E-state index in [0.29, 0.717) is 34.4 Å². The first-order valence-corrected chi connectivity index (χ1v) is 10.6. The molecule has 29 heavy (non-hydrogen) atoms. The van der Waals surface area contributed by atoms with Crippen molar-refractivity contribution >= 4 is 44.7 Å². The van der Waals surface area contributed by atoms with Crippen LogP contribution in [0.25, 0.3) is 11.3 Å². The molecule has 148 valence electrons. The van der Waals surface area contributed by atoms with Crippen LogP contribution in [0.5, 0.6) is 0 Å². The van der Waals surface area contributed by atoms with Gasteiger partial charge in [0.15, 0.2) is 0 Å². The van der Waals surface area contributed by atoms with E-state index in [2.05, 4.69) is 14.7 Å². The number of pyridine rings is 1. The molecule has 0 aliphatic carbocycles. The molecule has 0 spiro atoms. The number of benzene rings is 2. The lowest BCUT2D eigenvalue weighted by Crippen LogP contribution is -2.13. The molecule has 0 saturated carbocycles. The third-order valence-corrected chi connectivity index (χ3v) is 6.32. The van der Waals surface area contributed by atoms with Gasteiger partial charge in [-0.1, -0.05) is 29.3 Å². The van der Waals surface area contributed by atoms with E-state index in [9.17, 15) is 12.8 Å². The van der Waals surface area contributed by atoms with Crippen molar-refractivity contribution in [2.24, 2.45) is 10.7 Å². The SMILES string of the molecule is NC1=NCc2ccc(-c3ccc(NS(=O)(=O)c4ccc(F)c(Cl)c4)cc3Cl)nc21. The summed E-state index contributed by atoms with van der Waals surface area (Å²) in [5.74, 6) is -0.328. The van der Waals surface area contributed by atoms with E-state index in [-0.39, 0.29) is 15.6 Å². The molecule has 1 aliphatic heterocycles. The number of aromatic nitrogens is 1. The van der Waals surface area contributed by atoms with Crippen LogP contribution >= 0.6 is 23.2 Å². The number of anilines is 1. The Morgan fingerprint density at radius 2 is 1.83 bits per heavy atom. The van der Waals surface area contributed by atoms with Gasteiger partial charge in [-0.05, 0) is 42.5 Å². The van der Waals surface area contributed by atoms with Gasteiger partial charge in [0, 0.05) is 11.1 Å². The van der Waals surface area contributed by atoms with Gasteiger partial charge in [-0.25, -0.2) is 17.8 Å². The zero-order valence-corrected chi connectivity index (χ0v) is 17.0. The predicted octanol–water partition coefficient (Wildman–Crippen LogP) is 4.21. The van der Waals surface area contributed by atoms with Crippen molar-refractivity contribution in [3.05, 3.63) is 75.7 Å². The van der Waals surface area contributed by atoms with E-state index in [4.69, 9.17) is 28.9 Å². The van der Waals surface area contributed by atoms with Crippen molar-refractivity contribution in [3.63, 3.8) is 0 Å². The first-order valence-electron chi connectivity index (χ1n) is 8.32. The monoisotopic (exact) mass is 450 g/mol. The third kappa shape index (κ3) is 3.78. The van der Waals surface area contributed by atoms with E-state index >= 15 is 0 Å². The van der Waals surface area contributed by atoms with E-state index in [1.165, 1.54) is 6.07 Å². The summed E-state index contributed by atoms with van der Waals surface area (Å²) in [5.41, 5.74) is 8.84. The Hall–Kier alpha value is -2.68. The van der Waals surface area contributed by atoms with Gasteiger partial charge in [-0.2, -0.15) is 0 Å². The summed E-state index contributed by atoms with van der Waals surface area (Å²) in [4.78, 5) is 8.48. The molecule has 0 radical (unpaired) electrons. The zero-order valence-electron chi connectivity index (χ0n) is 14.7. The molecule has 0 atom stereocenters. The van der Waals surface area contributed by atoms with Crippen LogP contribution in [0.2, 0.25) is 10.0 Å². The molecule has 3 aromatic rings. The Morgan fingerprint density at radius 1 is 1.03 bits per heavy atom. The number of nitrogens with two attached hydrogens (primary N) is 1. The van der Waals surface area contributed by atoms with E-state index in [1.807, 2.05) is 6.07 Å². The Kier molecular flexibility index (Phi) is 4.94. The molecular weight excluding hydrogens is 438 g/mol. The van der Waals surface area contributed by atoms with Gasteiger partial charge in [0.25, 0.3) is 10.0 Å². The van der Waals surface area contributed by atoms with Crippen molar-refractivity contribution in [1.82, 2.24) is 4.98 Å². The first-order chi connectivity index (χ1) is 13.7. The summed E-state index contributed by atoms with van der Waals surface area (Å²) in [6, 6.07) is 11.5. The number of nitrogens with zero attached hydrogens (tertiary/aromatic N) is 2. The minimum atomic E-state index is -3.97. The second-order valence-electron chi connectivity index (χ2n) is 6.28. The maximum Gasteiger partial charge on any atom is 0.261 e. The summed E-state index contributed by atoms with van der Waals surface area (Å²) in [5, 5.41) is 0.00930. The van der Waals surface area contributed by atoms with Gasteiger partial charge in [0.05, 0.1) is 32.9 Å². The van der Waals surface area contributed by atoms with Gasteiger partial charge >= 0.3 is 0 Å². The fraction of sp³-hybridized carbons (Fsp3) is 0.0526. The van der Waals surface area contributed by atoms with Crippen LogP contribution in [-0.2, 0) is 16.6 Å². The normalized spacial score (nSPS) is 13.1. The highest BCUT2D eigenvalue weighted by Crippen LogP contribution is 2.31. The lowest BCUT2D eigenvalue weighted by Gasteiger charge is -2.11. The molecule has 0 saturated heterocycles. The lowest BCUT2D eigenvalue weighted by molar-refractivity contribution is 0.599. The van der Waals surface area contributed by atoms with Crippen molar-refractivity contribution in [2.75, 3.05) is 4.72 Å². The number of sulfonamides is 1. The fourth-order valence-electron chi connectivity index (χ4n) is 2.88. The van der Waals surface area contributed by atoms with Crippen LogP contribution in [0, 0.1) is 5.82 Å². The summed E-state index contributed by atoms with van der Waals surface area (Å²) in [6.07, 6.45) is 0. The molecule has 6 nitrogen and oxygen atoms in total. The van der Waals surface area contributed by atoms with Crippen molar-refractivity contribution in [2.45, 2.75) is 11.4 Å². The Bertz CT molecular complexity index is 1280. The predicted molar refractivity (Wildman–Crippen MR) is 111 cm³/mol. The number of hydrogen-bond acceptors (Lipinski definition) is 5. The average molecular weight is 451 g/mol. The molecule has 1 aliphatic rings. The number of fused-ring (bicyclic) bond motifs is 1. The average Bonchev–Trinajstić information content (AvgIpc) is 3.04.